The third-order valence-corrected chi connectivity index (χ3v) is 7.72. The van der Waals surface area contributed by atoms with Gasteiger partial charge in [-0.05, 0) is 106 Å². The molecule has 2 rings (SSSR count). The van der Waals surface area contributed by atoms with E-state index in [0.717, 1.165) is 38.5 Å². The van der Waals surface area contributed by atoms with Gasteiger partial charge in [-0.15, -0.1) is 0 Å². The lowest BCUT2D eigenvalue weighted by molar-refractivity contribution is -0.166. The minimum Gasteiger partial charge on any atom is -0.481 e. The molecule has 0 radical (unpaired) electrons. The fourth-order valence-corrected chi connectivity index (χ4v) is 7.44. The molecule has 4 N–H and O–H groups in total. The monoisotopic (exact) mass is 452 g/mol. The summed E-state index contributed by atoms with van der Waals surface area (Å²) in [5.74, 6) is -1.30. The molecule has 0 aliphatic carbocycles. The van der Waals surface area contributed by atoms with Crippen LogP contribution in [0, 0.1) is 17.3 Å². The molecule has 6 heteroatoms. The SMILES string of the molecule is CC1(C)CC(C(CCCCCC(=O)O)(C(=O)O)C2CC(C)(C)NC(C)(C)C2)CC(C)(C)N1. The number of carboxylic acids is 2. The molecule has 2 heterocycles. The first-order valence-corrected chi connectivity index (χ1v) is 12.4. The second kappa shape index (κ2) is 9.25. The highest BCUT2D eigenvalue weighted by molar-refractivity contribution is 5.76. The van der Waals surface area contributed by atoms with E-state index in [4.69, 9.17) is 5.11 Å². The van der Waals surface area contributed by atoms with E-state index in [9.17, 15) is 14.7 Å². The van der Waals surface area contributed by atoms with Gasteiger partial charge in [-0.2, -0.15) is 0 Å². The summed E-state index contributed by atoms with van der Waals surface area (Å²) in [6.07, 6.45) is 6.25. The molecule has 0 aromatic heterocycles. The Bertz CT molecular complexity index is 626. The van der Waals surface area contributed by atoms with E-state index in [1.807, 2.05) is 0 Å². The van der Waals surface area contributed by atoms with Crippen LogP contribution in [0.4, 0.5) is 0 Å². The highest BCUT2D eigenvalue weighted by Gasteiger charge is 2.58. The summed E-state index contributed by atoms with van der Waals surface area (Å²) >= 11 is 0. The molecule has 32 heavy (non-hydrogen) atoms. The number of hydrogen-bond donors (Lipinski definition) is 4. The second-order valence-electron chi connectivity index (χ2n) is 13.3. The van der Waals surface area contributed by atoms with Crippen LogP contribution >= 0.6 is 0 Å². The average molecular weight is 453 g/mol. The Morgan fingerprint density at radius 1 is 0.719 bits per heavy atom. The molecule has 0 unspecified atom stereocenters. The maximum atomic E-state index is 13.3. The molecule has 186 valence electrons. The van der Waals surface area contributed by atoms with Crippen LogP contribution in [-0.2, 0) is 9.59 Å². The van der Waals surface area contributed by atoms with Crippen molar-refractivity contribution in [3.63, 3.8) is 0 Å². The Balaban J connectivity index is 2.45. The van der Waals surface area contributed by atoms with Crippen molar-refractivity contribution < 1.29 is 19.8 Å². The summed E-state index contributed by atoms with van der Waals surface area (Å²) in [5, 5.41) is 27.4. The van der Waals surface area contributed by atoms with Crippen LogP contribution in [0.3, 0.4) is 0 Å². The lowest BCUT2D eigenvalue weighted by Gasteiger charge is -2.57. The normalized spacial score (nSPS) is 25.4. The molecule has 0 atom stereocenters. The molecular formula is C26H48N2O4. The molecule has 2 fully saturated rings. The van der Waals surface area contributed by atoms with Gasteiger partial charge in [-0.3, -0.25) is 9.59 Å². The van der Waals surface area contributed by atoms with Crippen LogP contribution in [0.15, 0.2) is 0 Å². The smallest absolute Gasteiger partial charge is 0.310 e. The van der Waals surface area contributed by atoms with E-state index in [-0.39, 0.29) is 40.4 Å². The standard InChI is InChI=1S/C26H48N2O4/c1-22(2)14-18(15-23(3,4)27-22)26(21(31)32,13-11-9-10-12-20(29)30)19-16-24(5,6)28-25(7,8)17-19/h18-19,27-28H,9-17H2,1-8H3,(H,29,30)(H,31,32). The lowest BCUT2D eigenvalue weighted by atomic mass is 9.52. The van der Waals surface area contributed by atoms with Gasteiger partial charge in [0.05, 0.1) is 5.41 Å². The summed E-state index contributed by atoms with van der Waals surface area (Å²) in [7, 11) is 0. The highest BCUT2D eigenvalue weighted by atomic mass is 16.4. The Kier molecular flexibility index (Phi) is 7.83. The van der Waals surface area contributed by atoms with Crippen molar-refractivity contribution in [1.29, 1.82) is 0 Å². The van der Waals surface area contributed by atoms with Crippen LogP contribution in [0.1, 0.15) is 113 Å². The molecule has 0 amide bonds. The van der Waals surface area contributed by atoms with Gasteiger partial charge in [-0.1, -0.05) is 12.8 Å². The van der Waals surface area contributed by atoms with Crippen molar-refractivity contribution in [3.8, 4) is 0 Å². The third kappa shape index (κ3) is 6.69. The maximum absolute atomic E-state index is 13.3. The third-order valence-electron chi connectivity index (χ3n) is 7.72. The maximum Gasteiger partial charge on any atom is 0.310 e. The lowest BCUT2D eigenvalue weighted by Crippen LogP contribution is -2.65. The van der Waals surface area contributed by atoms with E-state index in [2.05, 4.69) is 66.0 Å². The average Bonchev–Trinajstić information content (AvgIpc) is 2.51. The largest absolute Gasteiger partial charge is 0.481 e. The van der Waals surface area contributed by atoms with E-state index < -0.39 is 17.4 Å². The summed E-state index contributed by atoms with van der Waals surface area (Å²) in [4.78, 5) is 24.2. The van der Waals surface area contributed by atoms with Crippen LogP contribution in [-0.4, -0.2) is 44.3 Å². The molecule has 0 aromatic rings. The Hall–Kier alpha value is -1.14. The van der Waals surface area contributed by atoms with Crippen LogP contribution in [0.2, 0.25) is 0 Å². The predicted octanol–water partition coefficient (Wildman–Crippen LogP) is 5.21. The fourth-order valence-electron chi connectivity index (χ4n) is 7.44. The zero-order valence-electron chi connectivity index (χ0n) is 21.7. The number of piperidine rings is 2. The van der Waals surface area contributed by atoms with E-state index >= 15 is 0 Å². The minimum atomic E-state index is -0.809. The van der Waals surface area contributed by atoms with Crippen LogP contribution < -0.4 is 10.6 Å². The van der Waals surface area contributed by atoms with Crippen LogP contribution in [0.25, 0.3) is 0 Å². The zero-order valence-corrected chi connectivity index (χ0v) is 21.7. The van der Waals surface area contributed by atoms with Gasteiger partial charge >= 0.3 is 11.9 Å². The number of carboxylic acid groups (broad SMARTS) is 2. The molecule has 0 saturated carbocycles. The first-order valence-electron chi connectivity index (χ1n) is 12.4. The molecule has 0 spiro atoms. The van der Waals surface area contributed by atoms with Gasteiger partial charge in [0, 0.05) is 28.6 Å². The minimum absolute atomic E-state index is 0.0698. The first-order chi connectivity index (χ1) is 14.4. The molecular weight excluding hydrogens is 404 g/mol. The van der Waals surface area contributed by atoms with Gasteiger partial charge in [0.15, 0.2) is 0 Å². The van der Waals surface area contributed by atoms with Crippen molar-refractivity contribution in [2.75, 3.05) is 0 Å². The summed E-state index contributed by atoms with van der Waals surface area (Å²) in [6.45, 7) is 17.5. The molecule has 2 saturated heterocycles. The Morgan fingerprint density at radius 3 is 1.41 bits per heavy atom. The van der Waals surface area contributed by atoms with E-state index in [0.29, 0.717) is 12.8 Å². The van der Waals surface area contributed by atoms with Gasteiger partial charge < -0.3 is 20.8 Å². The van der Waals surface area contributed by atoms with Crippen molar-refractivity contribution in [2.45, 2.75) is 135 Å². The number of hydrogen-bond acceptors (Lipinski definition) is 4. The number of unbranched alkanes of at least 4 members (excludes halogenated alkanes) is 2. The molecule has 0 bridgehead atoms. The fraction of sp³-hybridized carbons (Fsp3) is 0.923. The van der Waals surface area contributed by atoms with Gasteiger partial charge in [0.1, 0.15) is 0 Å². The van der Waals surface area contributed by atoms with E-state index in [1.54, 1.807) is 0 Å². The number of nitrogens with one attached hydrogen (secondary N) is 2. The number of carbonyl (C=O) groups is 2. The van der Waals surface area contributed by atoms with Crippen molar-refractivity contribution in [3.05, 3.63) is 0 Å². The quantitative estimate of drug-likeness (QED) is 0.359. The summed E-state index contributed by atoms with van der Waals surface area (Å²) in [6, 6.07) is 0. The van der Waals surface area contributed by atoms with Gasteiger partial charge in [0.25, 0.3) is 0 Å². The van der Waals surface area contributed by atoms with Gasteiger partial charge in [0.2, 0.25) is 0 Å². The summed E-state index contributed by atoms with van der Waals surface area (Å²) in [5.41, 5.74) is -1.33. The molecule has 0 aromatic carbocycles. The Labute approximate surface area is 195 Å². The molecule has 2 aliphatic rings. The van der Waals surface area contributed by atoms with Crippen molar-refractivity contribution in [2.24, 2.45) is 17.3 Å². The summed E-state index contributed by atoms with van der Waals surface area (Å²) < 4.78 is 0. The van der Waals surface area contributed by atoms with Crippen molar-refractivity contribution in [1.82, 2.24) is 10.6 Å². The molecule has 2 aliphatic heterocycles. The highest BCUT2D eigenvalue weighted by Crippen LogP contribution is 2.55. The predicted molar refractivity (Wildman–Crippen MR) is 129 cm³/mol. The first kappa shape index (κ1) is 27.1. The second-order valence-corrected chi connectivity index (χ2v) is 13.3. The topological polar surface area (TPSA) is 98.7 Å². The molecule has 6 nitrogen and oxygen atoms in total. The van der Waals surface area contributed by atoms with Crippen molar-refractivity contribution >= 4 is 11.9 Å². The van der Waals surface area contributed by atoms with Crippen LogP contribution in [0.5, 0.6) is 0 Å². The number of rotatable bonds is 9. The Morgan fingerprint density at radius 2 is 1.09 bits per heavy atom. The number of aliphatic carboxylic acids is 2. The van der Waals surface area contributed by atoms with Gasteiger partial charge in [-0.25, -0.2) is 0 Å². The zero-order chi connectivity index (χ0) is 24.6. The van der Waals surface area contributed by atoms with E-state index in [1.165, 1.54) is 0 Å².